The Morgan fingerprint density at radius 2 is 1.22 bits per heavy atom. The highest BCUT2D eigenvalue weighted by atomic mass is 32.2. The number of ether oxygens (including phenoxy) is 1. The normalized spacial score (nSPS) is 12.9. The molecule has 0 aliphatic heterocycles. The highest BCUT2D eigenvalue weighted by molar-refractivity contribution is 8.06. The van der Waals surface area contributed by atoms with E-state index in [0.717, 1.165) is 17.8 Å². The lowest BCUT2D eigenvalue weighted by atomic mass is 9.97. The summed E-state index contributed by atoms with van der Waals surface area (Å²) < 4.78 is 6.16. The van der Waals surface area contributed by atoms with Crippen LogP contribution in [0.25, 0.3) is 0 Å². The second-order valence-corrected chi connectivity index (χ2v) is 17.3. The van der Waals surface area contributed by atoms with Gasteiger partial charge in [-0.25, -0.2) is 0 Å². The molecule has 0 aliphatic carbocycles. The smallest absolute Gasteiger partial charge is 0.127 e. The number of hydrogen-bond acceptors (Lipinski definition) is 4. The Bertz CT molecular complexity index is 1620. The van der Waals surface area contributed by atoms with Crippen molar-refractivity contribution in [3.8, 4) is 5.75 Å². The average molecular weight is 651 g/mol. The van der Waals surface area contributed by atoms with E-state index in [1.54, 1.807) is 7.11 Å². The summed E-state index contributed by atoms with van der Waals surface area (Å²) in [7, 11) is 9.16. The van der Waals surface area contributed by atoms with Crippen molar-refractivity contribution >= 4 is 54.1 Å². The van der Waals surface area contributed by atoms with Crippen molar-refractivity contribution in [3.05, 3.63) is 144 Å². The van der Waals surface area contributed by atoms with Crippen LogP contribution in [0.15, 0.2) is 127 Å². The molecular weight excluding hydrogens is 606 g/mol. The number of benzene rings is 5. The zero-order valence-corrected chi connectivity index (χ0v) is 29.8. The van der Waals surface area contributed by atoms with Crippen LogP contribution in [-0.2, 0) is 6.54 Å². The molecule has 0 fully saturated rings. The quantitative estimate of drug-likeness (QED) is 0.129. The minimum absolute atomic E-state index is 0.0961. The van der Waals surface area contributed by atoms with E-state index in [-0.39, 0.29) is 6.04 Å². The fourth-order valence-corrected chi connectivity index (χ4v) is 12.0. The Morgan fingerprint density at radius 1 is 0.644 bits per heavy atom. The van der Waals surface area contributed by atoms with Gasteiger partial charge in [0.1, 0.15) is 5.75 Å². The summed E-state index contributed by atoms with van der Waals surface area (Å²) in [4.78, 5) is 4.56. The SMILES string of the molecule is COc1cc(C(c2cccc(P(CSC)c3cccc(CN(C)C)c3)c2)N(C)C)ccc1P(c1ccccc1)c1ccccc1. The zero-order chi connectivity index (χ0) is 31.8. The van der Waals surface area contributed by atoms with E-state index in [2.05, 4.69) is 172 Å². The molecule has 0 aliphatic rings. The van der Waals surface area contributed by atoms with E-state index in [0.29, 0.717) is 0 Å². The van der Waals surface area contributed by atoms with Crippen LogP contribution >= 0.6 is 27.6 Å². The summed E-state index contributed by atoms with van der Waals surface area (Å²) in [6, 6.07) is 47.1. The highest BCUT2D eigenvalue weighted by Gasteiger charge is 2.24. The van der Waals surface area contributed by atoms with E-state index >= 15 is 0 Å². The molecule has 0 saturated heterocycles. The molecule has 0 N–H and O–H groups in total. The third-order valence-electron chi connectivity index (χ3n) is 7.78. The fraction of sp³-hybridized carbons (Fsp3) is 0.231. The van der Waals surface area contributed by atoms with Gasteiger partial charge < -0.3 is 9.64 Å². The third kappa shape index (κ3) is 8.25. The van der Waals surface area contributed by atoms with Crippen molar-refractivity contribution < 1.29 is 4.74 Å². The maximum Gasteiger partial charge on any atom is 0.127 e. The fourth-order valence-electron chi connectivity index (χ4n) is 5.90. The van der Waals surface area contributed by atoms with Crippen LogP contribution in [-0.4, -0.2) is 56.9 Å². The van der Waals surface area contributed by atoms with Gasteiger partial charge in [-0.3, -0.25) is 4.90 Å². The lowest BCUT2D eigenvalue weighted by molar-refractivity contribution is 0.341. The first-order valence-electron chi connectivity index (χ1n) is 15.2. The predicted octanol–water partition coefficient (Wildman–Crippen LogP) is 6.92. The lowest BCUT2D eigenvalue weighted by Gasteiger charge is -2.28. The monoisotopic (exact) mass is 650 g/mol. The molecule has 232 valence electrons. The molecule has 0 saturated carbocycles. The van der Waals surface area contributed by atoms with E-state index in [9.17, 15) is 0 Å². The van der Waals surface area contributed by atoms with Crippen LogP contribution in [0.1, 0.15) is 22.7 Å². The second kappa shape index (κ2) is 16.0. The molecule has 0 radical (unpaired) electrons. The predicted molar refractivity (Wildman–Crippen MR) is 202 cm³/mol. The molecule has 0 amide bonds. The van der Waals surface area contributed by atoms with Gasteiger partial charge in [0.15, 0.2) is 0 Å². The number of nitrogens with zero attached hydrogens (tertiary/aromatic N) is 2. The van der Waals surface area contributed by atoms with Gasteiger partial charge in [0.2, 0.25) is 0 Å². The summed E-state index contributed by atoms with van der Waals surface area (Å²) in [6.45, 7) is 0.952. The second-order valence-electron chi connectivity index (χ2n) is 11.7. The first-order chi connectivity index (χ1) is 21.9. The maximum absolute atomic E-state index is 6.16. The molecule has 5 aromatic carbocycles. The van der Waals surface area contributed by atoms with Gasteiger partial charge in [-0.15, -0.1) is 0 Å². The molecule has 2 atom stereocenters. The molecule has 0 spiro atoms. The van der Waals surface area contributed by atoms with Crippen LogP contribution < -0.4 is 31.3 Å². The number of thioether (sulfide) groups is 1. The first-order valence-corrected chi connectivity index (χ1v) is 19.5. The van der Waals surface area contributed by atoms with Crippen LogP contribution in [0.2, 0.25) is 0 Å². The van der Waals surface area contributed by atoms with Crippen molar-refractivity contribution in [2.75, 3.05) is 47.1 Å². The minimum Gasteiger partial charge on any atom is -0.496 e. The van der Waals surface area contributed by atoms with Crippen molar-refractivity contribution in [2.24, 2.45) is 0 Å². The summed E-state index contributed by atoms with van der Waals surface area (Å²) in [5.41, 5.74) is 5.00. The van der Waals surface area contributed by atoms with Crippen molar-refractivity contribution in [1.29, 1.82) is 0 Å². The van der Waals surface area contributed by atoms with Crippen LogP contribution in [0.5, 0.6) is 5.75 Å². The van der Waals surface area contributed by atoms with E-state index in [1.165, 1.54) is 43.2 Å². The number of hydrogen-bond donors (Lipinski definition) is 0. The lowest BCUT2D eigenvalue weighted by Crippen LogP contribution is -2.25. The Morgan fingerprint density at radius 3 is 1.80 bits per heavy atom. The molecule has 2 unspecified atom stereocenters. The Kier molecular flexibility index (Phi) is 11.9. The number of rotatable bonds is 13. The van der Waals surface area contributed by atoms with Gasteiger partial charge in [-0.2, -0.15) is 11.8 Å². The summed E-state index contributed by atoms with van der Waals surface area (Å²) in [5.74, 6) is 0.941. The van der Waals surface area contributed by atoms with E-state index < -0.39 is 15.8 Å². The van der Waals surface area contributed by atoms with Gasteiger partial charge in [-0.05, 0) is 112 Å². The summed E-state index contributed by atoms with van der Waals surface area (Å²) in [6.07, 6.45) is 2.22. The third-order valence-corrected chi connectivity index (χ3v) is 14.1. The molecule has 5 aromatic rings. The zero-order valence-electron chi connectivity index (χ0n) is 27.2. The topological polar surface area (TPSA) is 15.7 Å². The Hall–Kier alpha value is -2.97. The number of methoxy groups -OCH3 is 1. The van der Waals surface area contributed by atoms with Gasteiger partial charge >= 0.3 is 0 Å². The van der Waals surface area contributed by atoms with Crippen LogP contribution in [0.3, 0.4) is 0 Å². The largest absolute Gasteiger partial charge is 0.496 e. The standard InChI is InChI=1S/C39H44N2OP2S/c1-40(2)28-30-15-13-21-35(25-30)43(29-45-6)36-22-14-16-31(26-36)39(41(3)4)32-23-24-38(37(27-32)42-5)44(33-17-9-7-10-18-33)34-19-11-8-12-20-34/h7-27,39H,28-29H2,1-6H3. The van der Waals surface area contributed by atoms with Crippen molar-refractivity contribution in [1.82, 2.24) is 9.80 Å². The van der Waals surface area contributed by atoms with E-state index in [1.807, 2.05) is 11.8 Å². The average Bonchev–Trinajstić information content (AvgIpc) is 3.05. The maximum atomic E-state index is 6.16. The summed E-state index contributed by atoms with van der Waals surface area (Å²) in [5, 5.41) is 6.74. The Labute approximate surface area is 277 Å². The van der Waals surface area contributed by atoms with Crippen LogP contribution in [0.4, 0.5) is 0 Å². The Balaban J connectivity index is 1.54. The highest BCUT2D eigenvalue weighted by Crippen LogP contribution is 2.40. The molecule has 6 heteroatoms. The molecule has 0 aromatic heterocycles. The molecule has 3 nitrogen and oxygen atoms in total. The van der Waals surface area contributed by atoms with Crippen LogP contribution in [0, 0.1) is 0 Å². The van der Waals surface area contributed by atoms with Crippen molar-refractivity contribution in [3.63, 3.8) is 0 Å². The minimum atomic E-state index is -0.768. The molecule has 5 rings (SSSR count). The first kappa shape index (κ1) is 33.4. The van der Waals surface area contributed by atoms with Crippen molar-refractivity contribution in [2.45, 2.75) is 12.6 Å². The molecule has 0 heterocycles. The van der Waals surface area contributed by atoms with Gasteiger partial charge in [-0.1, -0.05) is 103 Å². The van der Waals surface area contributed by atoms with Gasteiger partial charge in [0.25, 0.3) is 0 Å². The summed E-state index contributed by atoms with van der Waals surface area (Å²) >= 11 is 1.93. The molecule has 45 heavy (non-hydrogen) atoms. The molecule has 0 bridgehead atoms. The van der Waals surface area contributed by atoms with E-state index in [4.69, 9.17) is 4.74 Å². The van der Waals surface area contributed by atoms with Gasteiger partial charge in [0.05, 0.1) is 13.2 Å². The molecular formula is C39H44N2OP2S. The van der Waals surface area contributed by atoms with Gasteiger partial charge in [0, 0.05) is 17.3 Å².